The Hall–Kier alpha value is -2.11. The minimum Gasteiger partial charge on any atom is -0.464 e. The van der Waals surface area contributed by atoms with Gasteiger partial charge in [-0.1, -0.05) is 0 Å². The average Bonchev–Trinajstić information content (AvgIpc) is 2.64. The number of esters is 1. The molecular weight excluding hydrogens is 184 g/mol. The quantitative estimate of drug-likeness (QED) is 0.648. The molecule has 0 fully saturated rings. The smallest absolute Gasteiger partial charge is 0.358 e. The van der Waals surface area contributed by atoms with E-state index in [1.165, 1.54) is 17.7 Å². The van der Waals surface area contributed by atoms with Crippen LogP contribution in [0.5, 0.6) is 0 Å². The summed E-state index contributed by atoms with van der Waals surface area (Å²) in [5, 5.41) is 3.97. The molecule has 6 heteroatoms. The number of fused-ring (bicyclic) bond motifs is 1. The number of nitrogens with zero attached hydrogens (tertiary/aromatic N) is 3. The summed E-state index contributed by atoms with van der Waals surface area (Å²) < 4.78 is 5.96. The van der Waals surface area contributed by atoms with Crippen LogP contribution in [0.15, 0.2) is 18.5 Å². The lowest BCUT2D eigenvalue weighted by Gasteiger charge is -2.01. The van der Waals surface area contributed by atoms with Crippen molar-refractivity contribution in [3.05, 3.63) is 24.2 Å². The van der Waals surface area contributed by atoms with E-state index in [-0.39, 0.29) is 5.69 Å². The van der Waals surface area contributed by atoms with E-state index in [9.17, 15) is 4.79 Å². The van der Waals surface area contributed by atoms with Crippen LogP contribution in [0, 0.1) is 0 Å². The van der Waals surface area contributed by atoms with Crippen molar-refractivity contribution in [3.63, 3.8) is 0 Å². The van der Waals surface area contributed by atoms with Gasteiger partial charge in [-0.3, -0.25) is 0 Å². The molecule has 0 aromatic carbocycles. The molecule has 0 aliphatic carbocycles. The number of carbonyl (C=O) groups excluding carboxylic acids is 1. The molecule has 0 aliphatic heterocycles. The van der Waals surface area contributed by atoms with Crippen LogP contribution < -0.4 is 5.73 Å². The van der Waals surface area contributed by atoms with Crippen molar-refractivity contribution in [1.82, 2.24) is 14.6 Å². The fourth-order valence-corrected chi connectivity index (χ4v) is 1.15. The Balaban J connectivity index is 2.64. The van der Waals surface area contributed by atoms with Crippen molar-refractivity contribution >= 4 is 17.3 Å². The Morgan fingerprint density at radius 2 is 2.43 bits per heavy atom. The predicted octanol–water partition coefficient (Wildman–Crippen LogP) is 0.0981. The summed E-state index contributed by atoms with van der Waals surface area (Å²) >= 11 is 0. The largest absolute Gasteiger partial charge is 0.464 e. The molecule has 2 rings (SSSR count). The molecule has 2 N–H and O–H groups in total. The fourth-order valence-electron chi connectivity index (χ4n) is 1.15. The lowest BCUT2D eigenvalue weighted by molar-refractivity contribution is 0.0592. The molecule has 0 radical (unpaired) electrons. The molecule has 0 amide bonds. The molecule has 6 nitrogen and oxygen atoms in total. The average molecular weight is 192 g/mol. The van der Waals surface area contributed by atoms with Gasteiger partial charge in [-0.2, -0.15) is 5.10 Å². The summed E-state index contributed by atoms with van der Waals surface area (Å²) in [6, 6.07) is 1.44. The summed E-state index contributed by atoms with van der Waals surface area (Å²) in [7, 11) is 1.29. The highest BCUT2D eigenvalue weighted by atomic mass is 16.5. The molecule has 72 valence electrons. The topological polar surface area (TPSA) is 82.5 Å². The van der Waals surface area contributed by atoms with Crippen molar-refractivity contribution in [2.45, 2.75) is 0 Å². The minimum atomic E-state index is -0.521. The third-order valence-electron chi connectivity index (χ3n) is 1.78. The number of rotatable bonds is 1. The number of aromatic nitrogens is 3. The number of hydrogen-bond donors (Lipinski definition) is 1. The van der Waals surface area contributed by atoms with E-state index in [0.29, 0.717) is 11.3 Å². The number of ether oxygens (including phenoxy) is 1. The maximum Gasteiger partial charge on any atom is 0.358 e. The molecule has 0 bridgehead atoms. The number of anilines is 1. The van der Waals surface area contributed by atoms with Gasteiger partial charge in [-0.05, 0) is 6.07 Å². The highest BCUT2D eigenvalue weighted by molar-refractivity contribution is 5.89. The molecule has 14 heavy (non-hydrogen) atoms. The maximum atomic E-state index is 11.2. The van der Waals surface area contributed by atoms with Gasteiger partial charge in [-0.25, -0.2) is 14.3 Å². The molecule has 0 aliphatic rings. The van der Waals surface area contributed by atoms with Gasteiger partial charge >= 0.3 is 5.97 Å². The Labute approximate surface area is 79.3 Å². The van der Waals surface area contributed by atoms with Crippen LogP contribution in [-0.2, 0) is 4.74 Å². The van der Waals surface area contributed by atoms with Gasteiger partial charge < -0.3 is 10.5 Å². The number of carbonyl (C=O) groups is 1. The molecular formula is C8H8N4O2. The highest BCUT2D eigenvalue weighted by Crippen LogP contribution is 2.11. The van der Waals surface area contributed by atoms with Crippen LogP contribution in [0.2, 0.25) is 0 Å². The van der Waals surface area contributed by atoms with Crippen LogP contribution in [0.25, 0.3) is 5.65 Å². The van der Waals surface area contributed by atoms with Gasteiger partial charge in [-0.15, -0.1) is 0 Å². The van der Waals surface area contributed by atoms with Crippen LogP contribution in [0.4, 0.5) is 5.69 Å². The van der Waals surface area contributed by atoms with E-state index in [4.69, 9.17) is 5.73 Å². The number of nitrogen functional groups attached to an aromatic ring is 1. The summed E-state index contributed by atoms with van der Waals surface area (Å²) in [4.78, 5) is 15.1. The molecule has 2 heterocycles. The van der Waals surface area contributed by atoms with E-state index in [2.05, 4.69) is 14.8 Å². The van der Waals surface area contributed by atoms with E-state index in [0.717, 1.165) is 0 Å². The molecule has 0 unspecified atom stereocenters. The molecule has 2 aromatic heterocycles. The first-order valence-electron chi connectivity index (χ1n) is 3.90. The lowest BCUT2D eigenvalue weighted by atomic mass is 10.3. The normalized spacial score (nSPS) is 10.4. The zero-order valence-electron chi connectivity index (χ0n) is 7.47. The van der Waals surface area contributed by atoms with E-state index in [1.807, 2.05) is 0 Å². The Kier molecular flexibility index (Phi) is 1.81. The van der Waals surface area contributed by atoms with Crippen LogP contribution >= 0.6 is 0 Å². The van der Waals surface area contributed by atoms with Crippen molar-refractivity contribution in [2.24, 2.45) is 0 Å². The maximum absolute atomic E-state index is 11.2. The predicted molar refractivity (Wildman–Crippen MR) is 48.7 cm³/mol. The van der Waals surface area contributed by atoms with E-state index >= 15 is 0 Å². The molecule has 0 saturated carbocycles. The van der Waals surface area contributed by atoms with Crippen molar-refractivity contribution < 1.29 is 9.53 Å². The monoisotopic (exact) mass is 192 g/mol. The Bertz CT molecular complexity index is 491. The first-order chi connectivity index (χ1) is 6.72. The highest BCUT2D eigenvalue weighted by Gasteiger charge is 2.11. The summed E-state index contributed by atoms with van der Waals surface area (Å²) in [5.74, 6) is -0.521. The zero-order chi connectivity index (χ0) is 10.1. The first kappa shape index (κ1) is 8.49. The minimum absolute atomic E-state index is 0.163. The summed E-state index contributed by atoms with van der Waals surface area (Å²) in [5.41, 5.74) is 6.74. The number of methoxy groups -OCH3 is 1. The summed E-state index contributed by atoms with van der Waals surface area (Å²) in [6.45, 7) is 0. The van der Waals surface area contributed by atoms with Gasteiger partial charge in [0.2, 0.25) is 0 Å². The number of nitrogens with two attached hydrogens (primary N) is 1. The van der Waals surface area contributed by atoms with E-state index < -0.39 is 5.97 Å². The van der Waals surface area contributed by atoms with Gasteiger partial charge in [0.15, 0.2) is 11.3 Å². The van der Waals surface area contributed by atoms with Gasteiger partial charge in [0.25, 0.3) is 0 Å². The third-order valence-corrected chi connectivity index (χ3v) is 1.78. The summed E-state index contributed by atoms with van der Waals surface area (Å²) in [6.07, 6.45) is 3.16. The molecule has 0 spiro atoms. The first-order valence-corrected chi connectivity index (χ1v) is 3.90. The van der Waals surface area contributed by atoms with Gasteiger partial charge in [0.1, 0.15) is 0 Å². The van der Waals surface area contributed by atoms with Gasteiger partial charge in [0.05, 0.1) is 12.8 Å². The standard InChI is InChI=1S/C8H8N4O2/c1-14-8(13)6-4-5(9)7-10-2-3-12(7)11-6/h2-4H,9H2,1H3. The van der Waals surface area contributed by atoms with Crippen molar-refractivity contribution in [3.8, 4) is 0 Å². The van der Waals surface area contributed by atoms with Crippen molar-refractivity contribution in [2.75, 3.05) is 12.8 Å². The van der Waals surface area contributed by atoms with Crippen LogP contribution in [-0.4, -0.2) is 27.7 Å². The second-order valence-corrected chi connectivity index (χ2v) is 2.67. The Morgan fingerprint density at radius 3 is 3.14 bits per heavy atom. The zero-order valence-corrected chi connectivity index (χ0v) is 7.47. The fraction of sp³-hybridized carbons (Fsp3) is 0.125. The lowest BCUT2D eigenvalue weighted by Crippen LogP contribution is -2.09. The SMILES string of the molecule is COC(=O)c1cc(N)c2nccn2n1. The van der Waals surface area contributed by atoms with Crippen molar-refractivity contribution in [1.29, 1.82) is 0 Å². The molecule has 2 aromatic rings. The van der Waals surface area contributed by atoms with Crippen LogP contribution in [0.3, 0.4) is 0 Å². The van der Waals surface area contributed by atoms with Gasteiger partial charge in [0, 0.05) is 12.4 Å². The second-order valence-electron chi connectivity index (χ2n) is 2.67. The Morgan fingerprint density at radius 1 is 1.64 bits per heavy atom. The number of imidazole rings is 1. The molecule has 0 saturated heterocycles. The van der Waals surface area contributed by atoms with E-state index in [1.54, 1.807) is 12.4 Å². The third kappa shape index (κ3) is 1.17. The number of hydrogen-bond acceptors (Lipinski definition) is 5. The second kappa shape index (κ2) is 2.99. The molecule has 0 atom stereocenters. The van der Waals surface area contributed by atoms with Crippen LogP contribution in [0.1, 0.15) is 10.5 Å².